The molecule has 7 heteroatoms. The molecule has 160 valence electrons. The Morgan fingerprint density at radius 1 is 1.14 bits per heavy atom. The van der Waals surface area contributed by atoms with Crippen molar-refractivity contribution in [3.8, 4) is 0 Å². The molecule has 0 radical (unpaired) electrons. The minimum Gasteiger partial charge on any atom is -0.326 e. The van der Waals surface area contributed by atoms with E-state index in [1.807, 2.05) is 24.3 Å². The van der Waals surface area contributed by atoms with E-state index >= 15 is 0 Å². The van der Waals surface area contributed by atoms with Gasteiger partial charge in [-0.1, -0.05) is 31.2 Å². The normalized spacial score (nSPS) is 16.4. The highest BCUT2D eigenvalue weighted by Gasteiger charge is 2.26. The Bertz CT molecular complexity index is 775. The van der Waals surface area contributed by atoms with Gasteiger partial charge in [0.15, 0.2) is 0 Å². The van der Waals surface area contributed by atoms with Gasteiger partial charge in [0.25, 0.3) is 0 Å². The quantitative estimate of drug-likeness (QED) is 0.657. The van der Waals surface area contributed by atoms with E-state index in [1.165, 1.54) is 6.07 Å². The molecule has 1 heterocycles. The Labute approximate surface area is 185 Å². The Morgan fingerprint density at radius 2 is 1.90 bits per heavy atom. The van der Waals surface area contributed by atoms with E-state index in [-0.39, 0.29) is 42.5 Å². The number of benzene rings is 2. The van der Waals surface area contributed by atoms with Crippen LogP contribution in [-0.2, 0) is 17.9 Å². The van der Waals surface area contributed by atoms with E-state index in [9.17, 15) is 9.18 Å². The van der Waals surface area contributed by atoms with Crippen LogP contribution in [0.3, 0.4) is 0 Å². The van der Waals surface area contributed by atoms with Crippen molar-refractivity contribution < 1.29 is 9.18 Å². The van der Waals surface area contributed by atoms with E-state index in [0.29, 0.717) is 13.1 Å². The maximum absolute atomic E-state index is 13.4. The molecule has 0 aromatic heterocycles. The third-order valence-corrected chi connectivity index (χ3v) is 4.95. The van der Waals surface area contributed by atoms with Crippen LogP contribution < -0.4 is 10.6 Å². The summed E-state index contributed by atoms with van der Waals surface area (Å²) < 4.78 is 13.4. The first-order valence-electron chi connectivity index (χ1n) is 9.71. The third kappa shape index (κ3) is 7.94. The predicted molar refractivity (Wildman–Crippen MR) is 121 cm³/mol. The zero-order valence-corrected chi connectivity index (χ0v) is 18.3. The average Bonchev–Trinajstić information content (AvgIpc) is 2.67. The number of carbonyl (C=O) groups is 1. The summed E-state index contributed by atoms with van der Waals surface area (Å²) in [6.45, 7) is 6.12. The zero-order chi connectivity index (χ0) is 19.1. The summed E-state index contributed by atoms with van der Waals surface area (Å²) in [7, 11) is 0. The number of nitrogens with zero attached hydrogens (tertiary/aromatic N) is 1. The SMILES string of the molecule is CCNCc1cccc(NC(=O)C2CCCN(Cc3cccc(F)c3)C2)c1.Cl.Cl. The fraction of sp³-hybridized carbons (Fsp3) is 0.409. The number of likely N-dealkylation sites (tertiary alicyclic amines) is 1. The lowest BCUT2D eigenvalue weighted by molar-refractivity contribution is -0.121. The van der Waals surface area contributed by atoms with Gasteiger partial charge in [-0.2, -0.15) is 0 Å². The summed E-state index contributed by atoms with van der Waals surface area (Å²) >= 11 is 0. The molecule has 2 aromatic carbocycles. The number of hydrogen-bond acceptors (Lipinski definition) is 3. The second kappa shape index (κ2) is 12.8. The van der Waals surface area contributed by atoms with Crippen molar-refractivity contribution in [3.05, 3.63) is 65.5 Å². The Kier molecular flexibility index (Phi) is 11.2. The monoisotopic (exact) mass is 441 g/mol. The Morgan fingerprint density at radius 3 is 2.66 bits per heavy atom. The number of hydrogen-bond donors (Lipinski definition) is 2. The number of amides is 1. The van der Waals surface area contributed by atoms with Gasteiger partial charge >= 0.3 is 0 Å². The number of rotatable bonds is 7. The molecule has 1 aliphatic heterocycles. The Balaban J connectivity index is 0.00000210. The number of nitrogens with one attached hydrogen (secondary N) is 2. The van der Waals surface area contributed by atoms with Crippen molar-refractivity contribution in [2.45, 2.75) is 32.9 Å². The zero-order valence-electron chi connectivity index (χ0n) is 16.7. The fourth-order valence-electron chi connectivity index (χ4n) is 3.58. The third-order valence-electron chi connectivity index (χ3n) is 4.95. The van der Waals surface area contributed by atoms with Crippen LogP contribution in [0.15, 0.2) is 48.5 Å². The van der Waals surface area contributed by atoms with E-state index in [0.717, 1.165) is 49.3 Å². The first-order valence-corrected chi connectivity index (χ1v) is 9.71. The summed E-state index contributed by atoms with van der Waals surface area (Å²) in [5.41, 5.74) is 2.95. The van der Waals surface area contributed by atoms with Gasteiger partial charge in [-0.15, -0.1) is 24.8 Å². The number of halogens is 3. The van der Waals surface area contributed by atoms with Gasteiger partial charge in [0.05, 0.1) is 5.92 Å². The summed E-state index contributed by atoms with van der Waals surface area (Å²) in [5.74, 6) is -0.180. The van der Waals surface area contributed by atoms with Crippen molar-refractivity contribution in [2.24, 2.45) is 5.92 Å². The molecule has 1 unspecified atom stereocenters. The molecule has 1 amide bonds. The minimum absolute atomic E-state index is 0. The molecule has 0 spiro atoms. The molecule has 1 atom stereocenters. The highest BCUT2D eigenvalue weighted by Crippen LogP contribution is 2.21. The maximum atomic E-state index is 13.4. The molecule has 0 saturated carbocycles. The van der Waals surface area contributed by atoms with Gasteiger partial charge in [0, 0.05) is 25.3 Å². The van der Waals surface area contributed by atoms with Crippen LogP contribution in [0.2, 0.25) is 0 Å². The summed E-state index contributed by atoms with van der Waals surface area (Å²) in [4.78, 5) is 15.0. The van der Waals surface area contributed by atoms with Crippen LogP contribution >= 0.6 is 24.8 Å². The number of anilines is 1. The van der Waals surface area contributed by atoms with Crippen molar-refractivity contribution in [3.63, 3.8) is 0 Å². The molecule has 1 aliphatic rings. The van der Waals surface area contributed by atoms with Crippen molar-refractivity contribution >= 4 is 36.4 Å². The van der Waals surface area contributed by atoms with Crippen LogP contribution in [0.5, 0.6) is 0 Å². The standard InChI is InChI=1S/C22H28FN3O.2ClH/c1-2-24-14-17-6-4-10-21(13-17)25-22(27)19-8-5-11-26(16-19)15-18-7-3-9-20(23)12-18;;/h3-4,6-7,9-10,12-13,19,24H,2,5,8,11,14-16H2,1H3,(H,25,27);2*1H. The molecule has 0 bridgehead atoms. The molecular weight excluding hydrogens is 412 g/mol. The van der Waals surface area contributed by atoms with Gasteiger partial charge in [0.1, 0.15) is 5.82 Å². The summed E-state index contributed by atoms with van der Waals surface area (Å²) in [6.07, 6.45) is 1.87. The van der Waals surface area contributed by atoms with Crippen molar-refractivity contribution in [2.75, 3.05) is 25.0 Å². The molecule has 4 nitrogen and oxygen atoms in total. The molecule has 1 saturated heterocycles. The van der Waals surface area contributed by atoms with Gasteiger partial charge in [-0.25, -0.2) is 4.39 Å². The van der Waals surface area contributed by atoms with Crippen LogP contribution in [0, 0.1) is 11.7 Å². The molecular formula is C22H30Cl2FN3O. The predicted octanol–water partition coefficient (Wildman–Crippen LogP) is 4.63. The molecule has 3 rings (SSSR count). The van der Waals surface area contributed by atoms with Crippen molar-refractivity contribution in [1.82, 2.24) is 10.2 Å². The van der Waals surface area contributed by atoms with E-state index in [1.54, 1.807) is 12.1 Å². The molecule has 1 fully saturated rings. The lowest BCUT2D eigenvalue weighted by Crippen LogP contribution is -2.40. The van der Waals surface area contributed by atoms with E-state index in [2.05, 4.69) is 28.5 Å². The summed E-state index contributed by atoms with van der Waals surface area (Å²) in [6, 6.07) is 14.7. The maximum Gasteiger partial charge on any atom is 0.228 e. The van der Waals surface area contributed by atoms with Gasteiger partial charge in [-0.3, -0.25) is 9.69 Å². The average molecular weight is 442 g/mol. The number of piperidine rings is 1. The fourth-order valence-corrected chi connectivity index (χ4v) is 3.58. The van der Waals surface area contributed by atoms with Crippen LogP contribution in [-0.4, -0.2) is 30.4 Å². The van der Waals surface area contributed by atoms with Gasteiger partial charge in [-0.05, 0) is 61.3 Å². The highest BCUT2D eigenvalue weighted by molar-refractivity contribution is 5.92. The first kappa shape index (κ1) is 25.4. The lowest BCUT2D eigenvalue weighted by Gasteiger charge is -2.32. The first-order chi connectivity index (χ1) is 13.1. The topological polar surface area (TPSA) is 44.4 Å². The van der Waals surface area contributed by atoms with Crippen LogP contribution in [0.4, 0.5) is 10.1 Å². The van der Waals surface area contributed by atoms with Crippen LogP contribution in [0.25, 0.3) is 0 Å². The second-order valence-electron chi connectivity index (χ2n) is 7.17. The second-order valence-corrected chi connectivity index (χ2v) is 7.17. The molecule has 2 aromatic rings. The van der Waals surface area contributed by atoms with E-state index < -0.39 is 0 Å². The molecule has 2 N–H and O–H groups in total. The number of carbonyl (C=O) groups excluding carboxylic acids is 1. The molecule has 29 heavy (non-hydrogen) atoms. The minimum atomic E-state index is -0.212. The Hall–Kier alpha value is -1.66. The smallest absolute Gasteiger partial charge is 0.228 e. The highest BCUT2D eigenvalue weighted by atomic mass is 35.5. The summed E-state index contributed by atoms with van der Waals surface area (Å²) in [5, 5.41) is 6.36. The lowest BCUT2D eigenvalue weighted by atomic mass is 9.96. The van der Waals surface area contributed by atoms with Crippen LogP contribution in [0.1, 0.15) is 30.9 Å². The molecule has 0 aliphatic carbocycles. The largest absolute Gasteiger partial charge is 0.326 e. The van der Waals surface area contributed by atoms with Gasteiger partial charge < -0.3 is 10.6 Å². The van der Waals surface area contributed by atoms with Gasteiger partial charge in [0.2, 0.25) is 5.91 Å². The van der Waals surface area contributed by atoms with Crippen molar-refractivity contribution in [1.29, 1.82) is 0 Å². The van der Waals surface area contributed by atoms with E-state index in [4.69, 9.17) is 0 Å².